The summed E-state index contributed by atoms with van der Waals surface area (Å²) in [5, 5.41) is 5.22. The molecule has 0 saturated heterocycles. The van der Waals surface area contributed by atoms with Crippen molar-refractivity contribution >= 4 is 91.1 Å². The fraction of sp³-hybridized carbons (Fsp3) is 0. The van der Waals surface area contributed by atoms with Gasteiger partial charge in [0.05, 0.1) is 11.0 Å². The standard InChI is InChI=1S/C55H35N3S2/c1-3-13-37(14-4-1)55-56-49-22-12-21-44(54(49)58(55)40-17-5-2-6-18-40)39-16-11-15-38(33-39)36-25-27-41(28-26-36)57(42-29-31-47-45-19-7-9-23-50(45)59-52(47)34-42)43-30-32-48-46-20-8-10-24-51(46)60-53(48)35-43/h1-35H. The van der Waals surface area contributed by atoms with Crippen LogP contribution < -0.4 is 4.90 Å². The van der Waals surface area contributed by atoms with Crippen LogP contribution in [0.4, 0.5) is 17.1 Å². The van der Waals surface area contributed by atoms with Gasteiger partial charge in [-0.2, -0.15) is 0 Å². The van der Waals surface area contributed by atoms with Crippen LogP contribution in [0.25, 0.3) is 90.7 Å². The summed E-state index contributed by atoms with van der Waals surface area (Å²) in [7, 11) is 0. The van der Waals surface area contributed by atoms with Crippen LogP contribution in [0.15, 0.2) is 212 Å². The Morgan fingerprint density at radius 2 is 0.900 bits per heavy atom. The first-order chi connectivity index (χ1) is 29.7. The summed E-state index contributed by atoms with van der Waals surface area (Å²) in [5.41, 5.74) is 12.2. The average molecular weight is 802 g/mol. The Bertz CT molecular complexity index is 3430. The van der Waals surface area contributed by atoms with Crippen LogP contribution in [0.2, 0.25) is 0 Å². The number of aromatic nitrogens is 2. The number of anilines is 3. The van der Waals surface area contributed by atoms with Crippen molar-refractivity contribution in [3.63, 3.8) is 0 Å². The predicted octanol–water partition coefficient (Wildman–Crippen LogP) is 16.2. The highest BCUT2D eigenvalue weighted by Crippen LogP contribution is 2.44. The topological polar surface area (TPSA) is 21.1 Å². The van der Waals surface area contributed by atoms with Crippen LogP contribution in [0.5, 0.6) is 0 Å². The van der Waals surface area contributed by atoms with E-state index in [1.165, 1.54) is 40.3 Å². The third kappa shape index (κ3) is 5.82. The van der Waals surface area contributed by atoms with Gasteiger partial charge < -0.3 is 4.90 Å². The van der Waals surface area contributed by atoms with Crippen LogP contribution in [0.3, 0.4) is 0 Å². The molecule has 0 radical (unpaired) electrons. The largest absolute Gasteiger partial charge is 0.310 e. The first-order valence-electron chi connectivity index (χ1n) is 20.2. The van der Waals surface area contributed by atoms with Gasteiger partial charge in [0, 0.05) is 74.2 Å². The van der Waals surface area contributed by atoms with E-state index in [2.05, 4.69) is 222 Å². The Labute approximate surface area is 355 Å². The lowest BCUT2D eigenvalue weighted by Gasteiger charge is -2.26. The van der Waals surface area contributed by atoms with Crippen molar-refractivity contribution in [3.8, 4) is 39.3 Å². The minimum atomic E-state index is 0.929. The van der Waals surface area contributed by atoms with Gasteiger partial charge in [-0.05, 0) is 89.5 Å². The summed E-state index contributed by atoms with van der Waals surface area (Å²) in [5.74, 6) is 0.929. The Kier molecular flexibility index (Phi) is 8.22. The molecule has 0 atom stereocenters. The molecule has 0 saturated carbocycles. The third-order valence-electron chi connectivity index (χ3n) is 11.6. The first kappa shape index (κ1) is 34.7. The van der Waals surface area contributed by atoms with Crippen LogP contribution >= 0.6 is 22.7 Å². The van der Waals surface area contributed by atoms with Crippen LogP contribution in [-0.2, 0) is 0 Å². The first-order valence-corrected chi connectivity index (χ1v) is 21.8. The van der Waals surface area contributed by atoms with E-state index in [9.17, 15) is 0 Å². The van der Waals surface area contributed by atoms with E-state index in [1.807, 2.05) is 22.7 Å². The van der Waals surface area contributed by atoms with Gasteiger partial charge >= 0.3 is 0 Å². The maximum atomic E-state index is 5.22. The minimum Gasteiger partial charge on any atom is -0.310 e. The summed E-state index contributed by atoms with van der Waals surface area (Å²) < 4.78 is 7.51. The van der Waals surface area contributed by atoms with Gasteiger partial charge in [-0.25, -0.2) is 4.98 Å². The Morgan fingerprint density at radius 3 is 1.57 bits per heavy atom. The zero-order chi connectivity index (χ0) is 39.6. The van der Waals surface area contributed by atoms with Crippen LogP contribution in [-0.4, -0.2) is 9.55 Å². The number of rotatable bonds is 7. The molecule has 282 valence electrons. The van der Waals surface area contributed by atoms with Gasteiger partial charge in [-0.15, -0.1) is 22.7 Å². The lowest BCUT2D eigenvalue weighted by molar-refractivity contribution is 1.10. The molecule has 12 rings (SSSR count). The number of benzene rings is 9. The second-order valence-electron chi connectivity index (χ2n) is 15.2. The number of thiophene rings is 2. The maximum absolute atomic E-state index is 5.22. The molecule has 3 heterocycles. The zero-order valence-electron chi connectivity index (χ0n) is 32.4. The molecule has 0 spiro atoms. The van der Waals surface area contributed by atoms with Crippen LogP contribution in [0, 0.1) is 0 Å². The van der Waals surface area contributed by atoms with Crippen molar-refractivity contribution in [1.29, 1.82) is 0 Å². The van der Waals surface area contributed by atoms with Gasteiger partial charge in [0.25, 0.3) is 0 Å². The van der Waals surface area contributed by atoms with Crippen molar-refractivity contribution in [2.75, 3.05) is 4.90 Å². The average Bonchev–Trinajstić information content (AvgIpc) is 4.01. The number of para-hydroxylation sites is 2. The van der Waals surface area contributed by atoms with Gasteiger partial charge in [-0.3, -0.25) is 4.57 Å². The van der Waals surface area contributed by atoms with Gasteiger partial charge in [0.2, 0.25) is 0 Å². The summed E-state index contributed by atoms with van der Waals surface area (Å²) in [4.78, 5) is 7.62. The molecule has 0 bridgehead atoms. The second-order valence-corrected chi connectivity index (χ2v) is 17.3. The highest BCUT2D eigenvalue weighted by Gasteiger charge is 2.20. The van der Waals surface area contributed by atoms with Crippen LogP contribution in [0.1, 0.15) is 0 Å². The molecule has 0 amide bonds. The number of nitrogens with zero attached hydrogens (tertiary/aromatic N) is 3. The molecule has 5 heteroatoms. The van der Waals surface area contributed by atoms with E-state index < -0.39 is 0 Å². The van der Waals surface area contributed by atoms with Gasteiger partial charge in [0.1, 0.15) is 5.82 Å². The van der Waals surface area contributed by atoms with Gasteiger partial charge in [0.15, 0.2) is 0 Å². The highest BCUT2D eigenvalue weighted by molar-refractivity contribution is 7.26. The molecule has 0 aliphatic heterocycles. The number of imidazole rings is 1. The number of fused-ring (bicyclic) bond motifs is 7. The van der Waals surface area contributed by atoms with Crippen molar-refractivity contribution in [1.82, 2.24) is 9.55 Å². The summed E-state index contributed by atoms with van der Waals surface area (Å²) in [6.45, 7) is 0. The maximum Gasteiger partial charge on any atom is 0.145 e. The van der Waals surface area contributed by atoms with E-state index >= 15 is 0 Å². The number of hydrogen-bond donors (Lipinski definition) is 0. The molecular weight excluding hydrogens is 767 g/mol. The SMILES string of the molecule is c1ccc(-c2nc3cccc(-c4cccc(-c5ccc(N(c6ccc7c(c6)sc6ccccc67)c6ccc7c(c6)sc6ccccc67)cc5)c4)c3n2-c2ccccc2)cc1. The molecular formula is C55H35N3S2. The van der Waals surface area contributed by atoms with Crippen molar-refractivity contribution in [2.45, 2.75) is 0 Å². The quantitative estimate of drug-likeness (QED) is 0.160. The van der Waals surface area contributed by atoms with E-state index in [-0.39, 0.29) is 0 Å². The fourth-order valence-corrected chi connectivity index (χ4v) is 11.1. The molecule has 0 unspecified atom stereocenters. The summed E-state index contributed by atoms with van der Waals surface area (Å²) in [6.07, 6.45) is 0. The number of hydrogen-bond acceptors (Lipinski definition) is 4. The molecule has 0 fully saturated rings. The minimum absolute atomic E-state index is 0.929. The van der Waals surface area contributed by atoms with E-state index in [0.717, 1.165) is 67.4 Å². The summed E-state index contributed by atoms with van der Waals surface area (Å²) in [6, 6.07) is 76.8. The Morgan fingerprint density at radius 1 is 0.367 bits per heavy atom. The van der Waals surface area contributed by atoms with E-state index in [0.29, 0.717) is 0 Å². The molecule has 60 heavy (non-hydrogen) atoms. The third-order valence-corrected chi connectivity index (χ3v) is 13.9. The normalized spacial score (nSPS) is 11.7. The molecule has 3 nitrogen and oxygen atoms in total. The lowest BCUT2D eigenvalue weighted by atomic mass is 9.98. The van der Waals surface area contributed by atoms with Crippen molar-refractivity contribution in [3.05, 3.63) is 212 Å². The Hall–Kier alpha value is -7.31. The summed E-state index contributed by atoms with van der Waals surface area (Å²) >= 11 is 3.72. The Balaban J connectivity index is 0.964. The molecule has 3 aromatic heterocycles. The molecule has 12 aromatic rings. The van der Waals surface area contributed by atoms with E-state index in [4.69, 9.17) is 4.98 Å². The molecule has 0 N–H and O–H groups in total. The van der Waals surface area contributed by atoms with Crippen molar-refractivity contribution < 1.29 is 0 Å². The molecule has 0 aliphatic rings. The molecule has 9 aromatic carbocycles. The van der Waals surface area contributed by atoms with E-state index in [1.54, 1.807) is 0 Å². The zero-order valence-corrected chi connectivity index (χ0v) is 34.0. The smallest absolute Gasteiger partial charge is 0.145 e. The second kappa shape index (κ2) is 14.2. The highest BCUT2D eigenvalue weighted by atomic mass is 32.1. The van der Waals surface area contributed by atoms with Crippen molar-refractivity contribution in [2.24, 2.45) is 0 Å². The lowest BCUT2D eigenvalue weighted by Crippen LogP contribution is -2.09. The monoisotopic (exact) mass is 801 g/mol. The van der Waals surface area contributed by atoms with Gasteiger partial charge in [-0.1, -0.05) is 140 Å². The predicted molar refractivity (Wildman–Crippen MR) is 258 cm³/mol. The molecule has 0 aliphatic carbocycles. The fourth-order valence-electron chi connectivity index (χ4n) is 8.79.